The minimum atomic E-state index is -0.564. The van der Waals surface area contributed by atoms with Crippen molar-refractivity contribution in [1.29, 1.82) is 0 Å². The molecule has 0 aliphatic heterocycles. The van der Waals surface area contributed by atoms with E-state index in [1.54, 1.807) is 4.90 Å². The normalized spacial score (nSPS) is 10.4. The van der Waals surface area contributed by atoms with Crippen molar-refractivity contribution in [3.63, 3.8) is 0 Å². The van der Waals surface area contributed by atoms with Crippen LogP contribution in [0.25, 0.3) is 0 Å². The molecule has 0 atom stereocenters. The molecular weight excluding hydrogens is 260 g/mol. The molecule has 0 aliphatic rings. The van der Waals surface area contributed by atoms with Crippen molar-refractivity contribution < 1.29 is 9.72 Å². The van der Waals surface area contributed by atoms with Crippen LogP contribution in [0.2, 0.25) is 0 Å². The molecule has 0 radical (unpaired) electrons. The number of hydrazine groups is 1. The second kappa shape index (κ2) is 6.85. The third-order valence-electron chi connectivity index (χ3n) is 2.96. The van der Waals surface area contributed by atoms with Gasteiger partial charge in [0.15, 0.2) is 0 Å². The molecular formula is C13H20N4O3. The fraction of sp³-hybridized carbons (Fsp3) is 0.462. The Balaban J connectivity index is 3.27. The highest BCUT2D eigenvalue weighted by atomic mass is 16.6. The first-order chi connectivity index (χ1) is 9.43. The minimum Gasteiger partial charge on any atom is -0.336 e. The van der Waals surface area contributed by atoms with Crippen LogP contribution in [-0.2, 0) is 0 Å². The summed E-state index contributed by atoms with van der Waals surface area (Å²) in [5.41, 5.74) is 2.32. The maximum Gasteiger partial charge on any atom is 0.294 e. The number of hydrogen-bond donors (Lipinski definition) is 2. The van der Waals surface area contributed by atoms with Gasteiger partial charge in [0.25, 0.3) is 11.6 Å². The Kier molecular flexibility index (Phi) is 5.45. The van der Waals surface area contributed by atoms with Crippen molar-refractivity contribution in [2.45, 2.75) is 33.2 Å². The second-order valence-electron chi connectivity index (χ2n) is 4.69. The summed E-state index contributed by atoms with van der Waals surface area (Å²) in [6.45, 7) is 6.36. The van der Waals surface area contributed by atoms with Gasteiger partial charge in [-0.05, 0) is 26.3 Å². The first-order valence-electron chi connectivity index (χ1n) is 6.49. The van der Waals surface area contributed by atoms with E-state index in [-0.39, 0.29) is 28.9 Å². The summed E-state index contributed by atoms with van der Waals surface area (Å²) in [4.78, 5) is 24.6. The summed E-state index contributed by atoms with van der Waals surface area (Å²) in [7, 11) is 0. The largest absolute Gasteiger partial charge is 0.336 e. The molecule has 0 saturated carbocycles. The van der Waals surface area contributed by atoms with Gasteiger partial charge in [-0.2, -0.15) is 0 Å². The van der Waals surface area contributed by atoms with Crippen molar-refractivity contribution in [1.82, 2.24) is 4.90 Å². The zero-order chi connectivity index (χ0) is 15.3. The molecule has 1 aromatic rings. The number of rotatable bonds is 6. The Hall–Kier alpha value is -2.15. The molecule has 1 amide bonds. The number of nitrogens with one attached hydrogen (secondary N) is 1. The quantitative estimate of drug-likeness (QED) is 0.472. The van der Waals surface area contributed by atoms with Gasteiger partial charge in [0.1, 0.15) is 5.69 Å². The van der Waals surface area contributed by atoms with Crippen molar-refractivity contribution in [3.8, 4) is 0 Å². The molecule has 0 saturated heterocycles. The molecule has 0 aliphatic carbocycles. The molecule has 0 aromatic heterocycles. The first kappa shape index (κ1) is 15.9. The van der Waals surface area contributed by atoms with Crippen LogP contribution in [-0.4, -0.2) is 28.3 Å². The smallest absolute Gasteiger partial charge is 0.294 e. The lowest BCUT2D eigenvalue weighted by Crippen LogP contribution is -2.38. The lowest BCUT2D eigenvalue weighted by Gasteiger charge is -2.27. The molecule has 0 heterocycles. The highest BCUT2D eigenvalue weighted by Gasteiger charge is 2.25. The maximum absolute atomic E-state index is 12.5. The molecule has 0 unspecified atom stereocenters. The monoisotopic (exact) mass is 280 g/mol. The topological polar surface area (TPSA) is 102 Å². The predicted molar refractivity (Wildman–Crippen MR) is 77.4 cm³/mol. The highest BCUT2D eigenvalue weighted by Crippen LogP contribution is 2.28. The van der Waals surface area contributed by atoms with Gasteiger partial charge < -0.3 is 10.3 Å². The van der Waals surface area contributed by atoms with Crippen LogP contribution in [0.1, 0.15) is 37.6 Å². The van der Waals surface area contributed by atoms with E-state index in [2.05, 4.69) is 5.43 Å². The summed E-state index contributed by atoms with van der Waals surface area (Å²) in [6.07, 6.45) is 0.810. The van der Waals surface area contributed by atoms with Gasteiger partial charge in [-0.15, -0.1) is 0 Å². The molecule has 0 bridgehead atoms. The number of carbonyl (C=O) groups is 1. The molecule has 0 fully saturated rings. The van der Waals surface area contributed by atoms with Gasteiger partial charge in [0.2, 0.25) is 0 Å². The van der Waals surface area contributed by atoms with Gasteiger partial charge in [-0.25, -0.2) is 0 Å². The van der Waals surface area contributed by atoms with E-state index < -0.39 is 4.92 Å². The van der Waals surface area contributed by atoms with Crippen LogP contribution >= 0.6 is 0 Å². The Morgan fingerprint density at radius 2 is 2.15 bits per heavy atom. The van der Waals surface area contributed by atoms with Crippen LogP contribution in [0.4, 0.5) is 11.4 Å². The number of nitro groups is 1. The first-order valence-corrected chi connectivity index (χ1v) is 6.49. The van der Waals surface area contributed by atoms with E-state index in [0.717, 1.165) is 6.42 Å². The van der Waals surface area contributed by atoms with Crippen LogP contribution in [0.5, 0.6) is 0 Å². The average molecular weight is 280 g/mol. The van der Waals surface area contributed by atoms with Crippen molar-refractivity contribution in [2.24, 2.45) is 5.84 Å². The Labute approximate surface area is 117 Å². The standard InChI is InChI=1S/C13H20N4O3/c1-4-8-16(9(2)3)13(18)10-6-5-7-11(17(19)20)12(10)15-14/h5-7,9,15H,4,8,14H2,1-3H3. The van der Waals surface area contributed by atoms with Gasteiger partial charge in [-0.1, -0.05) is 13.0 Å². The minimum absolute atomic E-state index is 0.00679. The predicted octanol–water partition coefficient (Wildman–Crippen LogP) is 2.14. The van der Waals surface area contributed by atoms with Crippen LogP contribution in [0.3, 0.4) is 0 Å². The van der Waals surface area contributed by atoms with E-state index in [0.29, 0.717) is 6.54 Å². The molecule has 7 nitrogen and oxygen atoms in total. The number of nitrogens with zero attached hydrogens (tertiary/aromatic N) is 2. The number of benzene rings is 1. The second-order valence-corrected chi connectivity index (χ2v) is 4.69. The Morgan fingerprint density at radius 1 is 1.50 bits per heavy atom. The Morgan fingerprint density at radius 3 is 2.60 bits per heavy atom. The van der Waals surface area contributed by atoms with Crippen LogP contribution < -0.4 is 11.3 Å². The van der Waals surface area contributed by atoms with E-state index in [1.807, 2.05) is 20.8 Å². The molecule has 110 valence electrons. The summed E-state index contributed by atoms with van der Waals surface area (Å²) >= 11 is 0. The zero-order valence-corrected chi connectivity index (χ0v) is 11.9. The zero-order valence-electron chi connectivity index (χ0n) is 11.9. The van der Waals surface area contributed by atoms with Gasteiger partial charge in [-0.3, -0.25) is 20.8 Å². The van der Waals surface area contributed by atoms with E-state index in [1.165, 1.54) is 18.2 Å². The average Bonchev–Trinajstić information content (AvgIpc) is 2.42. The van der Waals surface area contributed by atoms with E-state index in [9.17, 15) is 14.9 Å². The SMILES string of the molecule is CCCN(C(=O)c1cccc([N+](=O)[O-])c1NN)C(C)C. The summed E-state index contributed by atoms with van der Waals surface area (Å²) in [6, 6.07) is 4.34. The molecule has 7 heteroatoms. The number of hydrogen-bond acceptors (Lipinski definition) is 5. The number of nitrogens with two attached hydrogens (primary N) is 1. The molecule has 1 rings (SSSR count). The third kappa shape index (κ3) is 3.24. The maximum atomic E-state index is 12.5. The lowest BCUT2D eigenvalue weighted by molar-refractivity contribution is -0.384. The van der Waals surface area contributed by atoms with Crippen LogP contribution in [0, 0.1) is 10.1 Å². The molecule has 20 heavy (non-hydrogen) atoms. The highest BCUT2D eigenvalue weighted by molar-refractivity contribution is 6.01. The summed E-state index contributed by atoms with van der Waals surface area (Å²) in [5, 5.41) is 11.0. The lowest BCUT2D eigenvalue weighted by atomic mass is 10.1. The molecule has 1 aromatic carbocycles. The fourth-order valence-corrected chi connectivity index (χ4v) is 2.01. The number of nitro benzene ring substituents is 1. The van der Waals surface area contributed by atoms with Crippen LogP contribution in [0.15, 0.2) is 18.2 Å². The van der Waals surface area contributed by atoms with E-state index >= 15 is 0 Å². The summed E-state index contributed by atoms with van der Waals surface area (Å²) < 4.78 is 0. The number of nitrogen functional groups attached to an aromatic ring is 1. The molecule has 3 N–H and O–H groups in total. The summed E-state index contributed by atoms with van der Waals surface area (Å²) in [5.74, 6) is 5.09. The van der Waals surface area contributed by atoms with E-state index in [4.69, 9.17) is 5.84 Å². The van der Waals surface area contributed by atoms with Gasteiger partial charge in [0.05, 0.1) is 10.5 Å². The third-order valence-corrected chi connectivity index (χ3v) is 2.96. The number of carbonyl (C=O) groups excluding carboxylic acids is 1. The molecule has 0 spiro atoms. The number of para-hydroxylation sites is 1. The van der Waals surface area contributed by atoms with Crippen molar-refractivity contribution in [2.75, 3.05) is 12.0 Å². The van der Waals surface area contributed by atoms with Gasteiger partial charge >= 0.3 is 0 Å². The number of anilines is 1. The van der Waals surface area contributed by atoms with Crippen molar-refractivity contribution >= 4 is 17.3 Å². The van der Waals surface area contributed by atoms with Gasteiger partial charge in [0, 0.05) is 18.7 Å². The fourth-order valence-electron chi connectivity index (χ4n) is 2.01. The number of amides is 1. The Bertz CT molecular complexity index is 502. The van der Waals surface area contributed by atoms with Crippen molar-refractivity contribution in [3.05, 3.63) is 33.9 Å².